The van der Waals surface area contributed by atoms with E-state index < -0.39 is 29.9 Å². The van der Waals surface area contributed by atoms with Crippen LogP contribution < -0.4 is 5.32 Å². The van der Waals surface area contributed by atoms with Gasteiger partial charge >= 0.3 is 17.9 Å². The zero-order valence-corrected chi connectivity index (χ0v) is 23.9. The minimum absolute atomic E-state index is 0.0297. The molecule has 0 aliphatic heterocycles. The van der Waals surface area contributed by atoms with Gasteiger partial charge in [0.25, 0.3) is 5.91 Å². The third kappa shape index (κ3) is 4.75. The van der Waals surface area contributed by atoms with Gasteiger partial charge in [-0.15, -0.1) is 11.3 Å². The zero-order valence-electron chi connectivity index (χ0n) is 23.1. The Morgan fingerprint density at radius 3 is 2.23 bits per heavy atom. The van der Waals surface area contributed by atoms with Crippen LogP contribution in [0.5, 0.6) is 0 Å². The Morgan fingerprint density at radius 1 is 0.949 bits per heavy atom. The number of ether oxygens (including phenoxy) is 3. The highest BCUT2D eigenvalue weighted by atomic mass is 32.1. The van der Waals surface area contributed by atoms with Gasteiger partial charge in [-0.2, -0.15) is 0 Å². The summed E-state index contributed by atoms with van der Waals surface area (Å²) < 4.78 is 15.3. The molecule has 0 spiro atoms. The maximum absolute atomic E-state index is 13.6. The molecule has 1 heterocycles. The summed E-state index contributed by atoms with van der Waals surface area (Å²) in [6.07, 6.45) is 5.69. The van der Waals surface area contributed by atoms with Crippen LogP contribution in [-0.4, -0.2) is 44.6 Å². The zero-order chi connectivity index (χ0) is 28.1. The summed E-state index contributed by atoms with van der Waals surface area (Å²) in [5.74, 6) is -1.25. The molecule has 4 fully saturated rings. The van der Waals surface area contributed by atoms with E-state index in [-0.39, 0.29) is 26.8 Å². The van der Waals surface area contributed by atoms with Crippen LogP contribution in [0.1, 0.15) is 80.8 Å². The number of methoxy groups -OCH3 is 2. The van der Waals surface area contributed by atoms with E-state index in [1.807, 2.05) is 0 Å². The topological polar surface area (TPSA) is 108 Å². The van der Waals surface area contributed by atoms with Gasteiger partial charge in [-0.3, -0.25) is 9.59 Å². The van der Waals surface area contributed by atoms with Crippen molar-refractivity contribution in [2.45, 2.75) is 64.7 Å². The van der Waals surface area contributed by atoms with Crippen LogP contribution in [0.4, 0.5) is 5.00 Å². The predicted octanol–water partition coefficient (Wildman–Crippen LogP) is 5.27. The van der Waals surface area contributed by atoms with E-state index >= 15 is 0 Å². The minimum atomic E-state index is -0.684. The van der Waals surface area contributed by atoms with E-state index in [2.05, 4.69) is 37.4 Å². The van der Waals surface area contributed by atoms with Crippen molar-refractivity contribution in [2.75, 3.05) is 26.1 Å². The third-order valence-corrected chi connectivity index (χ3v) is 10.3. The molecule has 0 saturated heterocycles. The Labute approximate surface area is 232 Å². The molecule has 4 bridgehead atoms. The van der Waals surface area contributed by atoms with Gasteiger partial charge in [0, 0.05) is 0 Å². The first-order chi connectivity index (χ1) is 18.5. The van der Waals surface area contributed by atoms with Crippen molar-refractivity contribution >= 4 is 40.2 Å². The number of anilines is 1. The second kappa shape index (κ2) is 10.1. The average molecular weight is 554 g/mol. The quantitative estimate of drug-likeness (QED) is 0.368. The molecule has 4 aliphatic carbocycles. The van der Waals surface area contributed by atoms with E-state index in [9.17, 15) is 19.2 Å². The largest absolute Gasteiger partial charge is 0.465 e. The van der Waals surface area contributed by atoms with E-state index in [1.165, 1.54) is 30.9 Å². The Balaban J connectivity index is 1.31. The van der Waals surface area contributed by atoms with Crippen molar-refractivity contribution in [3.63, 3.8) is 0 Å². The highest BCUT2D eigenvalue weighted by Gasteiger charge is 2.61. The first-order valence-corrected chi connectivity index (χ1v) is 14.2. The Kier molecular flexibility index (Phi) is 7.07. The van der Waals surface area contributed by atoms with Gasteiger partial charge in [-0.05, 0) is 98.8 Å². The van der Waals surface area contributed by atoms with Crippen molar-refractivity contribution < 1.29 is 33.4 Å². The molecule has 4 saturated carbocycles. The number of hydrogen-bond acceptors (Lipinski definition) is 8. The number of aryl methyl sites for hydroxylation is 2. The molecular formula is C30H35NO7S. The Hall–Kier alpha value is -3.20. The second-order valence-electron chi connectivity index (χ2n) is 11.7. The highest BCUT2D eigenvalue weighted by Crippen LogP contribution is 2.66. The number of carbonyl (C=O) groups excluding carboxylic acids is 4. The lowest BCUT2D eigenvalue weighted by Crippen LogP contribution is -2.57. The molecule has 1 aromatic carbocycles. The van der Waals surface area contributed by atoms with Gasteiger partial charge < -0.3 is 19.5 Å². The molecule has 4 aliphatic rings. The molecule has 39 heavy (non-hydrogen) atoms. The smallest absolute Gasteiger partial charge is 0.348 e. The van der Waals surface area contributed by atoms with Gasteiger partial charge in [0.2, 0.25) is 0 Å². The summed E-state index contributed by atoms with van der Waals surface area (Å²) in [6, 6.07) is 6.70. The number of thiophene rings is 1. The molecule has 6 rings (SSSR count). The maximum Gasteiger partial charge on any atom is 0.348 e. The van der Waals surface area contributed by atoms with Crippen molar-refractivity contribution in [3.05, 3.63) is 50.9 Å². The van der Waals surface area contributed by atoms with Crippen LogP contribution in [-0.2, 0) is 29.2 Å². The lowest BCUT2D eigenvalue weighted by molar-refractivity contribution is -0.175. The highest BCUT2D eigenvalue weighted by molar-refractivity contribution is 7.18. The van der Waals surface area contributed by atoms with E-state index in [0.717, 1.165) is 49.9 Å². The second-order valence-corrected chi connectivity index (χ2v) is 12.7. The fraction of sp³-hybridized carbons (Fsp3) is 0.533. The van der Waals surface area contributed by atoms with Crippen molar-refractivity contribution in [1.29, 1.82) is 0 Å². The van der Waals surface area contributed by atoms with Crippen LogP contribution in [0, 0.1) is 38.0 Å². The number of amides is 1. The number of esters is 3. The van der Waals surface area contributed by atoms with Crippen molar-refractivity contribution in [2.24, 2.45) is 17.3 Å². The molecule has 8 nitrogen and oxygen atoms in total. The number of benzene rings is 1. The van der Waals surface area contributed by atoms with E-state index in [0.29, 0.717) is 17.4 Å². The molecule has 9 heteroatoms. The monoisotopic (exact) mass is 553 g/mol. The molecule has 2 aromatic rings. The molecule has 1 N–H and O–H groups in total. The molecule has 2 atom stereocenters. The maximum atomic E-state index is 13.6. The number of rotatable bonds is 7. The fourth-order valence-electron chi connectivity index (χ4n) is 7.59. The van der Waals surface area contributed by atoms with Crippen LogP contribution >= 0.6 is 11.3 Å². The van der Waals surface area contributed by atoms with E-state index in [4.69, 9.17) is 14.2 Å². The number of nitrogens with one attached hydrogen (secondary N) is 1. The summed E-state index contributed by atoms with van der Waals surface area (Å²) in [5.41, 5.74) is 3.67. The number of carbonyl (C=O) groups is 4. The molecule has 1 amide bonds. The molecular weight excluding hydrogens is 518 g/mol. The lowest BCUT2D eigenvalue weighted by atomic mass is 9.43. The molecule has 1 aromatic heterocycles. The SMILES string of the molecule is COC(=O)c1sc(NC(=O)COC(=O)C23C[C@H]4C[C@H](C2)CC(c2ccc(C)c(C)c2)(C4)C3)c(C(=O)OC)c1C. The predicted molar refractivity (Wildman–Crippen MR) is 146 cm³/mol. The van der Waals surface area contributed by atoms with Gasteiger partial charge in [0.1, 0.15) is 9.88 Å². The minimum Gasteiger partial charge on any atom is -0.465 e. The first-order valence-electron chi connectivity index (χ1n) is 13.4. The summed E-state index contributed by atoms with van der Waals surface area (Å²) in [4.78, 5) is 51.2. The van der Waals surface area contributed by atoms with Crippen molar-refractivity contribution in [3.8, 4) is 0 Å². The number of hydrogen-bond donors (Lipinski definition) is 1. The third-order valence-electron chi connectivity index (χ3n) is 9.11. The van der Waals surface area contributed by atoms with Crippen LogP contribution in [0.2, 0.25) is 0 Å². The Morgan fingerprint density at radius 2 is 1.62 bits per heavy atom. The molecule has 208 valence electrons. The summed E-state index contributed by atoms with van der Waals surface area (Å²) in [6.45, 7) is 5.36. The fourth-order valence-corrected chi connectivity index (χ4v) is 8.72. The van der Waals surface area contributed by atoms with Gasteiger partial charge in [0.05, 0.1) is 25.2 Å². The van der Waals surface area contributed by atoms with Crippen LogP contribution in [0.15, 0.2) is 18.2 Å². The molecule has 0 unspecified atom stereocenters. The standard InChI is InChI=1S/C30H35NO7S/c1-16-6-7-21(8-17(16)2)29-10-19-9-20(11-29)13-30(12-19,15-29)28(35)38-14-22(32)31-25-23(26(33)36-4)18(3)24(39-25)27(34)37-5/h6-8,19-20H,9-15H2,1-5H3,(H,31,32)/t19-,20-,29?,30?/m0/s1. The van der Waals surface area contributed by atoms with Crippen molar-refractivity contribution in [1.82, 2.24) is 0 Å². The summed E-state index contributed by atoms with van der Waals surface area (Å²) >= 11 is 0.924. The van der Waals surface area contributed by atoms with Gasteiger partial charge in [-0.1, -0.05) is 18.2 Å². The van der Waals surface area contributed by atoms with Gasteiger partial charge in [0.15, 0.2) is 6.61 Å². The first kappa shape index (κ1) is 27.4. The molecule has 0 radical (unpaired) electrons. The normalized spacial score (nSPS) is 26.7. The average Bonchev–Trinajstić information content (AvgIpc) is 3.22. The van der Waals surface area contributed by atoms with Crippen LogP contribution in [0.3, 0.4) is 0 Å². The van der Waals surface area contributed by atoms with Gasteiger partial charge in [-0.25, -0.2) is 9.59 Å². The van der Waals surface area contributed by atoms with Crippen LogP contribution in [0.25, 0.3) is 0 Å². The summed E-state index contributed by atoms with van der Waals surface area (Å²) in [7, 11) is 2.46. The van der Waals surface area contributed by atoms with E-state index in [1.54, 1.807) is 6.92 Å². The summed E-state index contributed by atoms with van der Waals surface area (Å²) in [5, 5.41) is 2.79. The lowest BCUT2D eigenvalue weighted by Gasteiger charge is -2.61. The Bertz CT molecular complexity index is 1350.